The Kier molecular flexibility index (Phi) is 1.84. The van der Waals surface area contributed by atoms with Gasteiger partial charge in [0, 0.05) is 22.4 Å². The van der Waals surface area contributed by atoms with Gasteiger partial charge in [0.1, 0.15) is 0 Å². The van der Waals surface area contributed by atoms with Gasteiger partial charge in [-0.2, -0.15) is 0 Å². The molecule has 0 fully saturated rings. The summed E-state index contributed by atoms with van der Waals surface area (Å²) in [5.41, 5.74) is 1.18. The smallest absolute Gasteiger partial charge is 0.337 e. The minimum Gasteiger partial charge on any atom is -0.478 e. The maximum atomic E-state index is 10.6. The first-order valence-electron chi connectivity index (χ1n) is 3.67. The molecule has 0 aliphatic rings. The van der Waals surface area contributed by atoms with Gasteiger partial charge in [-0.25, -0.2) is 4.79 Å². The molecular weight excluding hydrogens is 234 g/mol. The van der Waals surface area contributed by atoms with Crippen LogP contribution in [0.4, 0.5) is 0 Å². The minimum atomic E-state index is -0.903. The van der Waals surface area contributed by atoms with Crippen LogP contribution >= 0.6 is 15.9 Å². The standard InChI is InChI=1S/C9H6BrNO2/c10-7-1-2-8-3-6(9(12)13)4-11(8)5-7/h1-5H,(H,12,13). The van der Waals surface area contributed by atoms with E-state index in [0.29, 0.717) is 5.56 Å². The SMILES string of the molecule is O=C(O)c1cc2ccc(Br)cn2c1. The van der Waals surface area contributed by atoms with Gasteiger partial charge >= 0.3 is 5.97 Å². The van der Waals surface area contributed by atoms with E-state index in [1.165, 1.54) is 0 Å². The van der Waals surface area contributed by atoms with E-state index in [2.05, 4.69) is 15.9 Å². The summed E-state index contributed by atoms with van der Waals surface area (Å²) in [7, 11) is 0. The summed E-state index contributed by atoms with van der Waals surface area (Å²) in [5.74, 6) is -0.903. The van der Waals surface area contributed by atoms with E-state index in [1.54, 1.807) is 16.7 Å². The fourth-order valence-corrected chi connectivity index (χ4v) is 1.55. The number of hydrogen-bond acceptors (Lipinski definition) is 1. The lowest BCUT2D eigenvalue weighted by Gasteiger charge is -1.93. The van der Waals surface area contributed by atoms with Gasteiger partial charge in [0.05, 0.1) is 5.56 Å². The van der Waals surface area contributed by atoms with E-state index in [4.69, 9.17) is 5.11 Å². The molecule has 66 valence electrons. The van der Waals surface area contributed by atoms with E-state index in [0.717, 1.165) is 9.99 Å². The summed E-state index contributed by atoms with van der Waals surface area (Å²) >= 11 is 3.31. The fourth-order valence-electron chi connectivity index (χ4n) is 1.20. The third-order valence-corrected chi connectivity index (χ3v) is 2.27. The molecule has 0 radical (unpaired) electrons. The highest BCUT2D eigenvalue weighted by Crippen LogP contribution is 2.15. The van der Waals surface area contributed by atoms with Gasteiger partial charge in [0.25, 0.3) is 0 Å². The van der Waals surface area contributed by atoms with Gasteiger partial charge < -0.3 is 9.51 Å². The zero-order valence-electron chi connectivity index (χ0n) is 6.57. The molecule has 0 aliphatic carbocycles. The molecule has 0 aliphatic heterocycles. The monoisotopic (exact) mass is 239 g/mol. The molecule has 2 heterocycles. The fraction of sp³-hybridized carbons (Fsp3) is 0. The summed E-state index contributed by atoms with van der Waals surface area (Å²) in [6.07, 6.45) is 3.41. The lowest BCUT2D eigenvalue weighted by atomic mass is 10.3. The normalized spacial score (nSPS) is 10.5. The lowest BCUT2D eigenvalue weighted by molar-refractivity contribution is 0.0697. The molecule has 1 N–H and O–H groups in total. The Labute approximate surface area is 82.7 Å². The van der Waals surface area contributed by atoms with Crippen molar-refractivity contribution in [3.63, 3.8) is 0 Å². The van der Waals surface area contributed by atoms with Crippen molar-refractivity contribution in [3.8, 4) is 0 Å². The van der Waals surface area contributed by atoms with Gasteiger partial charge in [-0.3, -0.25) is 0 Å². The van der Waals surface area contributed by atoms with Gasteiger partial charge in [0.2, 0.25) is 0 Å². The highest BCUT2D eigenvalue weighted by Gasteiger charge is 2.05. The van der Waals surface area contributed by atoms with Crippen LogP contribution in [0.3, 0.4) is 0 Å². The molecule has 2 rings (SSSR count). The predicted molar refractivity (Wildman–Crippen MR) is 52.1 cm³/mol. The number of aromatic carboxylic acids is 1. The number of halogens is 1. The maximum Gasteiger partial charge on any atom is 0.337 e. The van der Waals surface area contributed by atoms with E-state index >= 15 is 0 Å². The summed E-state index contributed by atoms with van der Waals surface area (Å²) < 4.78 is 2.70. The highest BCUT2D eigenvalue weighted by molar-refractivity contribution is 9.10. The molecule has 3 nitrogen and oxygen atoms in total. The molecule has 0 bridgehead atoms. The Morgan fingerprint density at radius 2 is 2.15 bits per heavy atom. The Hall–Kier alpha value is -1.29. The molecule has 0 atom stereocenters. The van der Waals surface area contributed by atoms with Crippen molar-refractivity contribution in [2.75, 3.05) is 0 Å². The molecular formula is C9H6BrNO2. The van der Waals surface area contributed by atoms with Crippen molar-refractivity contribution < 1.29 is 9.90 Å². The molecule has 13 heavy (non-hydrogen) atoms. The Morgan fingerprint density at radius 1 is 1.38 bits per heavy atom. The van der Waals surface area contributed by atoms with Gasteiger partial charge in [-0.05, 0) is 34.1 Å². The van der Waals surface area contributed by atoms with Crippen LogP contribution in [-0.4, -0.2) is 15.5 Å². The summed E-state index contributed by atoms with van der Waals surface area (Å²) in [4.78, 5) is 10.6. The molecule has 0 aromatic carbocycles. The van der Waals surface area contributed by atoms with Crippen LogP contribution in [-0.2, 0) is 0 Å². The zero-order chi connectivity index (χ0) is 9.42. The van der Waals surface area contributed by atoms with E-state index in [9.17, 15) is 4.79 Å². The zero-order valence-corrected chi connectivity index (χ0v) is 8.15. The van der Waals surface area contributed by atoms with Crippen molar-refractivity contribution in [1.82, 2.24) is 4.40 Å². The summed E-state index contributed by atoms with van der Waals surface area (Å²) in [5, 5.41) is 8.73. The topological polar surface area (TPSA) is 41.7 Å². The van der Waals surface area contributed by atoms with Gasteiger partial charge in [-0.15, -0.1) is 0 Å². The van der Waals surface area contributed by atoms with Crippen LogP contribution in [0, 0.1) is 0 Å². The molecule has 2 aromatic heterocycles. The third kappa shape index (κ3) is 1.45. The molecule has 4 heteroatoms. The first-order chi connectivity index (χ1) is 6.16. The van der Waals surface area contributed by atoms with E-state index < -0.39 is 5.97 Å². The second kappa shape index (κ2) is 2.88. The third-order valence-electron chi connectivity index (χ3n) is 1.80. The Morgan fingerprint density at radius 3 is 2.85 bits per heavy atom. The van der Waals surface area contributed by atoms with Crippen molar-refractivity contribution in [2.24, 2.45) is 0 Å². The summed E-state index contributed by atoms with van der Waals surface area (Å²) in [6, 6.07) is 5.37. The van der Waals surface area contributed by atoms with Crippen molar-refractivity contribution >= 4 is 27.4 Å². The van der Waals surface area contributed by atoms with Crippen LogP contribution in [0.2, 0.25) is 0 Å². The van der Waals surface area contributed by atoms with Crippen LogP contribution in [0.25, 0.3) is 5.52 Å². The predicted octanol–water partition coefficient (Wildman–Crippen LogP) is 2.40. The quantitative estimate of drug-likeness (QED) is 0.831. The number of aromatic nitrogens is 1. The number of pyridine rings is 1. The minimum absolute atomic E-state index is 0.304. The van der Waals surface area contributed by atoms with Crippen LogP contribution in [0.1, 0.15) is 10.4 Å². The second-order valence-corrected chi connectivity index (χ2v) is 3.63. The number of carboxylic acid groups (broad SMARTS) is 1. The molecule has 0 amide bonds. The second-order valence-electron chi connectivity index (χ2n) is 2.71. The molecule has 0 unspecified atom stereocenters. The van der Waals surface area contributed by atoms with Crippen LogP contribution in [0.15, 0.2) is 35.1 Å². The number of carboxylic acids is 1. The van der Waals surface area contributed by atoms with Crippen molar-refractivity contribution in [1.29, 1.82) is 0 Å². The number of nitrogens with zero attached hydrogens (tertiary/aromatic N) is 1. The first kappa shape index (κ1) is 8.31. The molecule has 0 saturated heterocycles. The Bertz CT molecular complexity index is 475. The Balaban J connectivity index is 2.68. The number of carbonyl (C=O) groups is 1. The van der Waals surface area contributed by atoms with Gasteiger partial charge in [-0.1, -0.05) is 0 Å². The molecule has 0 saturated carbocycles. The lowest BCUT2D eigenvalue weighted by Crippen LogP contribution is -1.92. The van der Waals surface area contributed by atoms with E-state index in [1.807, 2.05) is 18.3 Å². The highest BCUT2D eigenvalue weighted by atomic mass is 79.9. The summed E-state index contributed by atoms with van der Waals surface area (Å²) in [6.45, 7) is 0. The number of rotatable bonds is 1. The first-order valence-corrected chi connectivity index (χ1v) is 4.47. The van der Waals surface area contributed by atoms with Crippen LogP contribution < -0.4 is 0 Å². The largest absolute Gasteiger partial charge is 0.478 e. The number of fused-ring (bicyclic) bond motifs is 1. The van der Waals surface area contributed by atoms with Crippen molar-refractivity contribution in [2.45, 2.75) is 0 Å². The van der Waals surface area contributed by atoms with Crippen LogP contribution in [0.5, 0.6) is 0 Å². The van der Waals surface area contributed by atoms with E-state index in [-0.39, 0.29) is 0 Å². The van der Waals surface area contributed by atoms with Gasteiger partial charge in [0.15, 0.2) is 0 Å². The molecule has 0 spiro atoms. The average molecular weight is 240 g/mol. The molecule has 2 aromatic rings. The maximum absolute atomic E-state index is 10.6. The van der Waals surface area contributed by atoms with Crippen molar-refractivity contribution in [3.05, 3.63) is 40.6 Å². The number of hydrogen-bond donors (Lipinski definition) is 1. The average Bonchev–Trinajstić information content (AvgIpc) is 2.46.